The first-order chi connectivity index (χ1) is 9.76. The molecule has 0 atom stereocenters. The summed E-state index contributed by atoms with van der Waals surface area (Å²) in [4.78, 5) is 11.9. The van der Waals surface area contributed by atoms with Crippen molar-refractivity contribution in [3.8, 4) is 5.75 Å². The number of hydrogen-bond acceptors (Lipinski definition) is 3. The van der Waals surface area contributed by atoms with Gasteiger partial charge in [-0.05, 0) is 39.0 Å². The van der Waals surface area contributed by atoms with Crippen LogP contribution in [0, 0.1) is 5.82 Å². The summed E-state index contributed by atoms with van der Waals surface area (Å²) < 4.78 is 31.3. The molecule has 4 nitrogen and oxygen atoms in total. The van der Waals surface area contributed by atoms with E-state index in [4.69, 9.17) is 10.5 Å². The van der Waals surface area contributed by atoms with Gasteiger partial charge in [0.15, 0.2) is 11.6 Å². The average molecular weight is 298 g/mol. The smallest absolute Gasteiger partial charge is 0.251 e. The fraction of sp³-hybridized carbons (Fsp3) is 0.400. The first-order valence-corrected chi connectivity index (χ1v) is 6.50. The summed E-state index contributed by atoms with van der Waals surface area (Å²) in [6, 6.07) is 3.86. The minimum atomic E-state index is -0.688. The Labute approximate surface area is 123 Å². The number of amides is 1. The minimum absolute atomic E-state index is 0.00973. The number of benzene rings is 1. The first-order valence-electron chi connectivity index (χ1n) is 6.50. The van der Waals surface area contributed by atoms with E-state index in [2.05, 4.69) is 5.32 Å². The highest BCUT2D eigenvalue weighted by Gasteiger charge is 2.16. The van der Waals surface area contributed by atoms with E-state index in [1.165, 1.54) is 12.1 Å². The van der Waals surface area contributed by atoms with Crippen LogP contribution >= 0.6 is 0 Å². The molecule has 0 aliphatic carbocycles. The Kier molecular flexibility index (Phi) is 5.84. The second-order valence-electron chi connectivity index (χ2n) is 5.61. The standard InChI is InChI=1S/C15H20F2N2O2/c1-15(2,3)19-14(20)11-4-5-13(12(17)6-11)21-9-10(7-16)8-18/h4-7H,8-9,18H2,1-3H3,(H,19,20). The molecule has 1 aromatic carbocycles. The fourth-order valence-corrected chi connectivity index (χ4v) is 1.48. The summed E-state index contributed by atoms with van der Waals surface area (Å²) in [5.41, 5.74) is 5.26. The van der Waals surface area contributed by atoms with Crippen molar-refractivity contribution in [2.24, 2.45) is 5.73 Å². The molecule has 0 bridgehead atoms. The maximum absolute atomic E-state index is 13.9. The van der Waals surface area contributed by atoms with E-state index in [9.17, 15) is 13.6 Å². The Morgan fingerprint density at radius 1 is 1.43 bits per heavy atom. The summed E-state index contributed by atoms with van der Waals surface area (Å²) in [6.07, 6.45) is 0.336. The second-order valence-corrected chi connectivity index (χ2v) is 5.61. The maximum Gasteiger partial charge on any atom is 0.251 e. The Balaban J connectivity index is 2.79. The quantitative estimate of drug-likeness (QED) is 0.878. The lowest BCUT2D eigenvalue weighted by Gasteiger charge is -2.20. The van der Waals surface area contributed by atoms with E-state index in [0.717, 1.165) is 6.07 Å². The van der Waals surface area contributed by atoms with Crippen LogP contribution in [0.1, 0.15) is 31.1 Å². The fourth-order valence-electron chi connectivity index (χ4n) is 1.48. The highest BCUT2D eigenvalue weighted by Crippen LogP contribution is 2.19. The van der Waals surface area contributed by atoms with Crippen molar-refractivity contribution in [2.75, 3.05) is 13.2 Å². The minimum Gasteiger partial charge on any atom is -0.486 e. The van der Waals surface area contributed by atoms with Crippen LogP contribution < -0.4 is 15.8 Å². The molecule has 0 unspecified atom stereocenters. The Hall–Kier alpha value is -1.95. The lowest BCUT2D eigenvalue weighted by Crippen LogP contribution is -2.40. The largest absolute Gasteiger partial charge is 0.486 e. The third-order valence-corrected chi connectivity index (χ3v) is 2.51. The first kappa shape index (κ1) is 17.1. The van der Waals surface area contributed by atoms with E-state index < -0.39 is 11.4 Å². The van der Waals surface area contributed by atoms with Crippen LogP contribution in [0.3, 0.4) is 0 Å². The van der Waals surface area contributed by atoms with E-state index in [1.807, 2.05) is 20.8 Å². The topological polar surface area (TPSA) is 64.3 Å². The van der Waals surface area contributed by atoms with Gasteiger partial charge in [0.1, 0.15) is 6.61 Å². The van der Waals surface area contributed by atoms with E-state index in [0.29, 0.717) is 6.33 Å². The molecule has 1 rings (SSSR count). The zero-order valence-corrected chi connectivity index (χ0v) is 12.4. The van der Waals surface area contributed by atoms with Crippen molar-refractivity contribution in [3.05, 3.63) is 41.5 Å². The molecule has 21 heavy (non-hydrogen) atoms. The maximum atomic E-state index is 13.9. The molecule has 1 aromatic rings. The van der Waals surface area contributed by atoms with Gasteiger partial charge in [-0.15, -0.1) is 0 Å². The number of nitrogens with two attached hydrogens (primary N) is 1. The van der Waals surface area contributed by atoms with E-state index in [1.54, 1.807) is 0 Å². The van der Waals surface area contributed by atoms with Crippen LogP contribution in [0.5, 0.6) is 5.75 Å². The zero-order chi connectivity index (χ0) is 16.0. The molecule has 0 saturated heterocycles. The highest BCUT2D eigenvalue weighted by atomic mass is 19.1. The highest BCUT2D eigenvalue weighted by molar-refractivity contribution is 5.94. The molecule has 0 aromatic heterocycles. The van der Waals surface area contributed by atoms with Crippen molar-refractivity contribution >= 4 is 5.91 Å². The summed E-state index contributed by atoms with van der Waals surface area (Å²) in [5, 5.41) is 2.73. The average Bonchev–Trinajstić information content (AvgIpc) is 2.39. The number of halogens is 2. The second kappa shape index (κ2) is 7.17. The van der Waals surface area contributed by atoms with Crippen molar-refractivity contribution in [3.63, 3.8) is 0 Å². The zero-order valence-electron chi connectivity index (χ0n) is 12.4. The molecular formula is C15H20F2N2O2. The van der Waals surface area contributed by atoms with Crippen LogP contribution in [-0.2, 0) is 0 Å². The number of rotatable bonds is 5. The van der Waals surface area contributed by atoms with Crippen molar-refractivity contribution < 1.29 is 18.3 Å². The van der Waals surface area contributed by atoms with E-state index >= 15 is 0 Å². The van der Waals surface area contributed by atoms with Crippen molar-refractivity contribution in [2.45, 2.75) is 26.3 Å². The van der Waals surface area contributed by atoms with Gasteiger partial charge in [0, 0.05) is 23.2 Å². The molecule has 0 fully saturated rings. The summed E-state index contributed by atoms with van der Waals surface area (Å²) >= 11 is 0. The third kappa shape index (κ3) is 5.51. The number of carbonyl (C=O) groups is 1. The lowest BCUT2D eigenvalue weighted by molar-refractivity contribution is 0.0919. The predicted molar refractivity (Wildman–Crippen MR) is 77.4 cm³/mol. The number of hydrogen-bond donors (Lipinski definition) is 2. The van der Waals surface area contributed by atoms with Gasteiger partial charge in [-0.3, -0.25) is 4.79 Å². The van der Waals surface area contributed by atoms with E-state index in [-0.39, 0.29) is 35.9 Å². The van der Waals surface area contributed by atoms with Gasteiger partial charge >= 0.3 is 0 Å². The Bertz CT molecular complexity index is 537. The molecule has 0 spiro atoms. The third-order valence-electron chi connectivity index (χ3n) is 2.51. The predicted octanol–water partition coefficient (Wildman–Crippen LogP) is 2.54. The van der Waals surface area contributed by atoms with Crippen molar-refractivity contribution in [1.82, 2.24) is 5.32 Å². The van der Waals surface area contributed by atoms with Gasteiger partial charge in [0.2, 0.25) is 0 Å². The van der Waals surface area contributed by atoms with Gasteiger partial charge in [-0.25, -0.2) is 8.78 Å². The normalized spacial score (nSPS) is 12.2. The number of nitrogens with one attached hydrogen (secondary N) is 1. The lowest BCUT2D eigenvalue weighted by atomic mass is 10.1. The molecular weight excluding hydrogens is 278 g/mol. The number of ether oxygens (including phenoxy) is 1. The molecule has 3 N–H and O–H groups in total. The molecule has 116 valence electrons. The van der Waals surface area contributed by atoms with Gasteiger partial charge in [-0.1, -0.05) is 0 Å². The molecule has 0 aliphatic rings. The van der Waals surface area contributed by atoms with Gasteiger partial charge in [0.05, 0.1) is 6.33 Å². The molecule has 6 heteroatoms. The molecule has 0 saturated carbocycles. The Morgan fingerprint density at radius 2 is 2.10 bits per heavy atom. The molecule has 0 aliphatic heterocycles. The van der Waals surface area contributed by atoms with Crippen LogP contribution in [0.25, 0.3) is 0 Å². The summed E-state index contributed by atoms with van der Waals surface area (Å²) in [7, 11) is 0. The van der Waals surface area contributed by atoms with Gasteiger partial charge in [-0.2, -0.15) is 0 Å². The van der Waals surface area contributed by atoms with Crippen LogP contribution in [0.15, 0.2) is 30.1 Å². The molecule has 0 heterocycles. The van der Waals surface area contributed by atoms with Gasteiger partial charge in [0.25, 0.3) is 5.91 Å². The summed E-state index contributed by atoms with van der Waals surface area (Å²) in [6.45, 7) is 5.34. The van der Waals surface area contributed by atoms with Gasteiger partial charge < -0.3 is 15.8 Å². The summed E-state index contributed by atoms with van der Waals surface area (Å²) in [5.74, 6) is -1.12. The van der Waals surface area contributed by atoms with Crippen LogP contribution in [0.4, 0.5) is 8.78 Å². The molecule has 1 amide bonds. The SMILES string of the molecule is CC(C)(C)NC(=O)c1ccc(OCC(=CF)CN)c(F)c1. The monoisotopic (exact) mass is 298 g/mol. The van der Waals surface area contributed by atoms with Crippen LogP contribution in [0.2, 0.25) is 0 Å². The van der Waals surface area contributed by atoms with Crippen LogP contribution in [-0.4, -0.2) is 24.6 Å². The van der Waals surface area contributed by atoms with Crippen molar-refractivity contribution in [1.29, 1.82) is 0 Å². The number of carbonyl (C=O) groups excluding carboxylic acids is 1. The Morgan fingerprint density at radius 3 is 2.57 bits per heavy atom. The molecule has 0 radical (unpaired) electrons.